The predicted molar refractivity (Wildman–Crippen MR) is 86.1 cm³/mol. The van der Waals surface area contributed by atoms with Gasteiger partial charge in [-0.25, -0.2) is 12.8 Å². The van der Waals surface area contributed by atoms with Crippen molar-refractivity contribution in [1.82, 2.24) is 10.2 Å². The third-order valence-electron chi connectivity index (χ3n) is 3.30. The lowest BCUT2D eigenvalue weighted by molar-refractivity contribution is 0.0951. The fourth-order valence-corrected chi connectivity index (χ4v) is 2.85. The fraction of sp³-hybridized carbons (Fsp3) is 0.188. The molecule has 0 saturated carbocycles. The standard InChI is InChI=1S/C16H17FN2O4S/c1-11-9-12(3-8-15(11)17)10-18-16(20)13-4-6-14(7-5-13)24(21,22)19-23-2/h3-9,19H,10H2,1-2H3,(H,18,20). The molecule has 0 aliphatic carbocycles. The minimum absolute atomic E-state index is 0.0185. The molecule has 0 heterocycles. The maximum atomic E-state index is 13.2. The zero-order valence-corrected chi connectivity index (χ0v) is 14.0. The highest BCUT2D eigenvalue weighted by Crippen LogP contribution is 2.12. The van der Waals surface area contributed by atoms with E-state index in [0.29, 0.717) is 11.1 Å². The van der Waals surface area contributed by atoms with E-state index in [9.17, 15) is 17.6 Å². The Morgan fingerprint density at radius 3 is 2.42 bits per heavy atom. The second-order valence-corrected chi connectivity index (χ2v) is 6.73. The number of nitrogens with one attached hydrogen (secondary N) is 2. The number of carbonyl (C=O) groups is 1. The van der Waals surface area contributed by atoms with Gasteiger partial charge in [-0.1, -0.05) is 17.0 Å². The first-order valence-electron chi connectivity index (χ1n) is 7.01. The average Bonchev–Trinajstić information content (AvgIpc) is 2.56. The maximum Gasteiger partial charge on any atom is 0.262 e. The lowest BCUT2D eigenvalue weighted by atomic mass is 10.1. The third kappa shape index (κ3) is 4.38. The normalized spacial score (nSPS) is 11.3. The molecule has 2 aromatic rings. The monoisotopic (exact) mass is 352 g/mol. The van der Waals surface area contributed by atoms with Crippen LogP contribution in [-0.2, 0) is 21.4 Å². The summed E-state index contributed by atoms with van der Waals surface area (Å²) in [4.78, 5) is 18.3. The molecule has 2 N–H and O–H groups in total. The largest absolute Gasteiger partial charge is 0.348 e. The number of amides is 1. The highest BCUT2D eigenvalue weighted by Gasteiger charge is 2.14. The van der Waals surface area contributed by atoms with E-state index < -0.39 is 10.0 Å². The summed E-state index contributed by atoms with van der Waals surface area (Å²) in [6.07, 6.45) is 0. The molecule has 0 atom stereocenters. The minimum atomic E-state index is -3.76. The molecular formula is C16H17FN2O4S. The van der Waals surface area contributed by atoms with Gasteiger partial charge in [0.1, 0.15) is 5.82 Å². The van der Waals surface area contributed by atoms with Crippen molar-refractivity contribution in [3.05, 3.63) is 65.0 Å². The Hall–Kier alpha value is -2.29. The molecule has 0 radical (unpaired) electrons. The van der Waals surface area contributed by atoms with Gasteiger partial charge in [0.15, 0.2) is 0 Å². The number of sulfonamides is 1. The number of benzene rings is 2. The molecule has 0 spiro atoms. The van der Waals surface area contributed by atoms with Gasteiger partial charge in [-0.05, 0) is 48.4 Å². The maximum absolute atomic E-state index is 13.2. The number of hydrogen-bond acceptors (Lipinski definition) is 4. The molecule has 0 aromatic heterocycles. The summed E-state index contributed by atoms with van der Waals surface area (Å²) in [5.41, 5.74) is 1.58. The van der Waals surface area contributed by atoms with Crippen LogP contribution in [0.15, 0.2) is 47.4 Å². The third-order valence-corrected chi connectivity index (χ3v) is 4.57. The Kier molecular flexibility index (Phi) is 5.66. The number of carbonyl (C=O) groups excluding carboxylic acids is 1. The molecule has 1 amide bonds. The van der Waals surface area contributed by atoms with Crippen molar-refractivity contribution in [3.8, 4) is 0 Å². The zero-order valence-electron chi connectivity index (χ0n) is 13.2. The van der Waals surface area contributed by atoms with E-state index >= 15 is 0 Å². The highest BCUT2D eigenvalue weighted by molar-refractivity contribution is 7.89. The summed E-state index contributed by atoms with van der Waals surface area (Å²) in [5, 5.41) is 2.69. The fourth-order valence-electron chi connectivity index (χ4n) is 2.04. The van der Waals surface area contributed by atoms with Crippen molar-refractivity contribution < 1.29 is 22.4 Å². The van der Waals surface area contributed by atoms with Crippen LogP contribution in [0, 0.1) is 12.7 Å². The van der Waals surface area contributed by atoms with Crippen LogP contribution in [0.25, 0.3) is 0 Å². The molecule has 0 fully saturated rings. The van der Waals surface area contributed by atoms with Gasteiger partial charge in [0.25, 0.3) is 15.9 Å². The van der Waals surface area contributed by atoms with Gasteiger partial charge in [0.2, 0.25) is 0 Å². The van der Waals surface area contributed by atoms with E-state index in [1.165, 1.54) is 37.4 Å². The molecule has 0 saturated heterocycles. The summed E-state index contributed by atoms with van der Waals surface area (Å²) in [6, 6.07) is 10.00. The number of hydrogen-bond donors (Lipinski definition) is 2. The van der Waals surface area contributed by atoms with Crippen molar-refractivity contribution in [3.63, 3.8) is 0 Å². The van der Waals surface area contributed by atoms with E-state index in [1.807, 2.05) is 4.89 Å². The van der Waals surface area contributed by atoms with E-state index in [0.717, 1.165) is 5.56 Å². The Morgan fingerprint density at radius 2 is 1.83 bits per heavy atom. The van der Waals surface area contributed by atoms with Crippen LogP contribution in [0.1, 0.15) is 21.5 Å². The van der Waals surface area contributed by atoms with Crippen molar-refractivity contribution >= 4 is 15.9 Å². The van der Waals surface area contributed by atoms with Crippen molar-refractivity contribution in [2.24, 2.45) is 0 Å². The second kappa shape index (κ2) is 7.52. The van der Waals surface area contributed by atoms with Crippen LogP contribution in [-0.4, -0.2) is 21.4 Å². The first kappa shape index (κ1) is 18.1. The van der Waals surface area contributed by atoms with Gasteiger partial charge in [-0.3, -0.25) is 9.63 Å². The Balaban J connectivity index is 2.03. The predicted octanol–water partition coefficient (Wildman–Crippen LogP) is 1.90. The van der Waals surface area contributed by atoms with Gasteiger partial charge in [-0.15, -0.1) is 0 Å². The summed E-state index contributed by atoms with van der Waals surface area (Å²) in [5.74, 6) is -0.660. The molecule has 2 rings (SSSR count). The summed E-state index contributed by atoms with van der Waals surface area (Å²) in [7, 11) is -2.57. The zero-order chi connectivity index (χ0) is 17.7. The summed E-state index contributed by atoms with van der Waals surface area (Å²) in [6.45, 7) is 1.89. The molecule has 6 nitrogen and oxygen atoms in total. The van der Waals surface area contributed by atoms with Crippen LogP contribution >= 0.6 is 0 Å². The lowest BCUT2D eigenvalue weighted by Gasteiger charge is -2.08. The molecule has 0 unspecified atom stereocenters. The van der Waals surface area contributed by atoms with E-state index in [1.54, 1.807) is 19.1 Å². The van der Waals surface area contributed by atoms with Crippen LogP contribution in [0.2, 0.25) is 0 Å². The average molecular weight is 352 g/mol. The molecule has 0 aliphatic heterocycles. The van der Waals surface area contributed by atoms with Crippen LogP contribution < -0.4 is 10.2 Å². The molecule has 24 heavy (non-hydrogen) atoms. The van der Waals surface area contributed by atoms with Crippen LogP contribution in [0.4, 0.5) is 4.39 Å². The highest BCUT2D eigenvalue weighted by atomic mass is 32.2. The van der Waals surface area contributed by atoms with Gasteiger partial charge < -0.3 is 5.32 Å². The summed E-state index contributed by atoms with van der Waals surface area (Å²) >= 11 is 0. The van der Waals surface area contributed by atoms with Gasteiger partial charge >= 0.3 is 0 Å². The first-order valence-corrected chi connectivity index (χ1v) is 8.50. The molecule has 128 valence electrons. The number of halogens is 1. The van der Waals surface area contributed by atoms with Crippen molar-refractivity contribution in [2.75, 3.05) is 7.11 Å². The van der Waals surface area contributed by atoms with Crippen molar-refractivity contribution in [2.45, 2.75) is 18.4 Å². The van der Waals surface area contributed by atoms with Gasteiger partial charge in [0, 0.05) is 12.1 Å². The topological polar surface area (TPSA) is 84.5 Å². The first-order chi connectivity index (χ1) is 11.3. The summed E-state index contributed by atoms with van der Waals surface area (Å²) < 4.78 is 36.6. The van der Waals surface area contributed by atoms with E-state index in [4.69, 9.17) is 0 Å². The van der Waals surface area contributed by atoms with Gasteiger partial charge in [-0.2, -0.15) is 0 Å². The molecule has 2 aromatic carbocycles. The van der Waals surface area contributed by atoms with Gasteiger partial charge in [0.05, 0.1) is 12.0 Å². The smallest absolute Gasteiger partial charge is 0.262 e. The Morgan fingerprint density at radius 1 is 1.17 bits per heavy atom. The van der Waals surface area contributed by atoms with E-state index in [2.05, 4.69) is 10.2 Å². The minimum Gasteiger partial charge on any atom is -0.348 e. The quantitative estimate of drug-likeness (QED) is 0.778. The second-order valence-electron chi connectivity index (χ2n) is 5.08. The number of rotatable bonds is 6. The van der Waals surface area contributed by atoms with Crippen LogP contribution in [0.5, 0.6) is 0 Å². The SMILES string of the molecule is CONS(=O)(=O)c1ccc(C(=O)NCc2ccc(F)c(C)c2)cc1. The van der Waals surface area contributed by atoms with E-state index in [-0.39, 0.29) is 23.2 Å². The molecular weight excluding hydrogens is 335 g/mol. The molecule has 8 heteroatoms. The Labute approximate surface area is 139 Å². The Bertz CT molecular complexity index is 836. The van der Waals surface area contributed by atoms with Crippen LogP contribution in [0.3, 0.4) is 0 Å². The van der Waals surface area contributed by atoms with Crippen molar-refractivity contribution in [1.29, 1.82) is 0 Å². The number of aryl methyl sites for hydroxylation is 1. The molecule has 0 bridgehead atoms. The molecule has 0 aliphatic rings. The lowest BCUT2D eigenvalue weighted by Crippen LogP contribution is -2.24.